The molecule has 3 rings (SSSR count). The van der Waals surface area contributed by atoms with Gasteiger partial charge in [-0.05, 0) is 23.8 Å². The Bertz CT molecular complexity index is 926. The van der Waals surface area contributed by atoms with Crippen LogP contribution in [-0.4, -0.2) is 31.3 Å². The molecular formula is C20H20N2O2S. The van der Waals surface area contributed by atoms with Crippen molar-refractivity contribution >= 4 is 10.0 Å². The van der Waals surface area contributed by atoms with E-state index in [9.17, 15) is 8.42 Å². The fourth-order valence-electron chi connectivity index (χ4n) is 2.65. The SMILES string of the molecule is CN(CCc1ccccn1)S(=O)(=O)c1ccccc1-c1ccccc1. The second-order valence-corrected chi connectivity index (χ2v) is 7.77. The van der Waals surface area contributed by atoms with Crippen LogP contribution in [0, 0.1) is 0 Å². The second-order valence-electron chi connectivity index (χ2n) is 5.76. The van der Waals surface area contributed by atoms with Gasteiger partial charge in [-0.25, -0.2) is 12.7 Å². The highest BCUT2D eigenvalue weighted by Crippen LogP contribution is 2.28. The van der Waals surface area contributed by atoms with E-state index in [0.717, 1.165) is 11.3 Å². The third kappa shape index (κ3) is 3.95. The van der Waals surface area contributed by atoms with Gasteiger partial charge >= 0.3 is 0 Å². The molecule has 0 saturated carbocycles. The van der Waals surface area contributed by atoms with Crippen molar-refractivity contribution in [2.75, 3.05) is 13.6 Å². The van der Waals surface area contributed by atoms with E-state index >= 15 is 0 Å². The lowest BCUT2D eigenvalue weighted by Crippen LogP contribution is -2.29. The third-order valence-electron chi connectivity index (χ3n) is 4.07. The number of sulfonamides is 1. The van der Waals surface area contributed by atoms with Gasteiger partial charge in [0.1, 0.15) is 0 Å². The van der Waals surface area contributed by atoms with Gasteiger partial charge < -0.3 is 0 Å². The molecule has 128 valence electrons. The molecule has 2 aromatic carbocycles. The van der Waals surface area contributed by atoms with Gasteiger partial charge in [-0.15, -0.1) is 0 Å². The molecule has 0 amide bonds. The normalized spacial score (nSPS) is 11.6. The Kier molecular flexibility index (Phi) is 5.26. The maximum Gasteiger partial charge on any atom is 0.243 e. The molecule has 0 saturated heterocycles. The molecule has 0 bridgehead atoms. The zero-order valence-corrected chi connectivity index (χ0v) is 14.9. The molecule has 1 heterocycles. The van der Waals surface area contributed by atoms with Gasteiger partial charge in [-0.2, -0.15) is 0 Å². The number of benzene rings is 2. The fraction of sp³-hybridized carbons (Fsp3) is 0.150. The van der Waals surface area contributed by atoms with Gasteiger partial charge in [0.2, 0.25) is 10.0 Å². The van der Waals surface area contributed by atoms with Gasteiger partial charge in [0, 0.05) is 37.5 Å². The Morgan fingerprint density at radius 2 is 1.56 bits per heavy atom. The summed E-state index contributed by atoms with van der Waals surface area (Å²) in [7, 11) is -1.97. The first-order chi connectivity index (χ1) is 12.1. The van der Waals surface area contributed by atoms with E-state index in [4.69, 9.17) is 0 Å². The Balaban J connectivity index is 1.87. The van der Waals surface area contributed by atoms with Crippen LogP contribution in [0.15, 0.2) is 83.9 Å². The third-order valence-corrected chi connectivity index (χ3v) is 5.98. The smallest absolute Gasteiger partial charge is 0.243 e. The first-order valence-corrected chi connectivity index (χ1v) is 9.54. The van der Waals surface area contributed by atoms with E-state index in [1.165, 1.54) is 4.31 Å². The standard InChI is InChI=1S/C20H20N2O2S/c1-22(16-14-18-11-7-8-15-21-18)25(23,24)20-13-6-5-12-19(20)17-9-3-2-4-10-17/h2-13,15H,14,16H2,1H3. The molecule has 5 heteroatoms. The van der Waals surface area contributed by atoms with Gasteiger partial charge in [-0.3, -0.25) is 4.98 Å². The van der Waals surface area contributed by atoms with Gasteiger partial charge in [-0.1, -0.05) is 54.6 Å². The van der Waals surface area contributed by atoms with E-state index in [-0.39, 0.29) is 0 Å². The molecule has 0 aliphatic heterocycles. The van der Waals surface area contributed by atoms with Crippen LogP contribution >= 0.6 is 0 Å². The second kappa shape index (κ2) is 7.59. The summed E-state index contributed by atoms with van der Waals surface area (Å²) in [4.78, 5) is 4.57. The molecule has 0 atom stereocenters. The lowest BCUT2D eigenvalue weighted by Gasteiger charge is -2.19. The van der Waals surface area contributed by atoms with E-state index in [1.54, 1.807) is 25.4 Å². The number of hydrogen-bond acceptors (Lipinski definition) is 3. The quantitative estimate of drug-likeness (QED) is 0.681. The van der Waals surface area contributed by atoms with E-state index in [2.05, 4.69) is 4.98 Å². The molecule has 4 nitrogen and oxygen atoms in total. The molecule has 0 radical (unpaired) electrons. The van der Waals surface area contributed by atoms with E-state index in [0.29, 0.717) is 23.4 Å². The van der Waals surface area contributed by atoms with Gasteiger partial charge in [0.25, 0.3) is 0 Å². The molecule has 3 aromatic rings. The molecular weight excluding hydrogens is 332 g/mol. The molecule has 0 spiro atoms. The highest BCUT2D eigenvalue weighted by atomic mass is 32.2. The summed E-state index contributed by atoms with van der Waals surface area (Å²) in [5.41, 5.74) is 2.48. The number of rotatable bonds is 6. The topological polar surface area (TPSA) is 50.3 Å². The van der Waals surface area contributed by atoms with Crippen molar-refractivity contribution in [3.63, 3.8) is 0 Å². The molecule has 0 aliphatic carbocycles. The summed E-state index contributed by atoms with van der Waals surface area (Å²) in [5, 5.41) is 0. The lowest BCUT2D eigenvalue weighted by atomic mass is 10.1. The maximum atomic E-state index is 13.1. The zero-order chi connectivity index (χ0) is 17.7. The number of nitrogens with zero attached hydrogens (tertiary/aromatic N) is 2. The van der Waals surface area contributed by atoms with Gasteiger partial charge in [0.15, 0.2) is 0 Å². The van der Waals surface area contributed by atoms with Crippen LogP contribution in [-0.2, 0) is 16.4 Å². The van der Waals surface area contributed by atoms with Crippen LogP contribution in [0.4, 0.5) is 0 Å². The number of hydrogen-bond donors (Lipinski definition) is 0. The summed E-state index contributed by atoms with van der Waals surface area (Å²) in [6.07, 6.45) is 2.29. The largest absolute Gasteiger partial charge is 0.261 e. The minimum atomic E-state index is -3.58. The molecule has 25 heavy (non-hydrogen) atoms. The van der Waals surface area contributed by atoms with Crippen molar-refractivity contribution in [2.45, 2.75) is 11.3 Å². The van der Waals surface area contributed by atoms with Crippen LogP contribution in [0.2, 0.25) is 0 Å². The van der Waals surface area contributed by atoms with Crippen molar-refractivity contribution in [2.24, 2.45) is 0 Å². The minimum Gasteiger partial charge on any atom is -0.261 e. The average Bonchev–Trinajstić information content (AvgIpc) is 2.67. The predicted molar refractivity (Wildman–Crippen MR) is 99.6 cm³/mol. The lowest BCUT2D eigenvalue weighted by molar-refractivity contribution is 0.471. The van der Waals surface area contributed by atoms with Crippen molar-refractivity contribution in [3.05, 3.63) is 84.7 Å². The number of likely N-dealkylation sites (N-methyl/N-ethyl adjacent to an activating group) is 1. The zero-order valence-electron chi connectivity index (χ0n) is 14.0. The Morgan fingerprint density at radius 3 is 2.28 bits per heavy atom. The molecule has 0 N–H and O–H groups in total. The minimum absolute atomic E-state index is 0.324. The molecule has 0 aliphatic rings. The highest BCUT2D eigenvalue weighted by molar-refractivity contribution is 7.89. The van der Waals surface area contributed by atoms with Crippen molar-refractivity contribution < 1.29 is 8.42 Å². The fourth-order valence-corrected chi connectivity index (χ4v) is 4.04. The molecule has 0 unspecified atom stereocenters. The number of pyridine rings is 1. The Labute approximate surface area is 148 Å². The number of aromatic nitrogens is 1. The Hall–Kier alpha value is -2.50. The van der Waals surface area contributed by atoms with Crippen LogP contribution in [0.3, 0.4) is 0 Å². The van der Waals surface area contributed by atoms with Crippen LogP contribution in [0.1, 0.15) is 5.69 Å². The maximum absolute atomic E-state index is 13.1. The van der Waals surface area contributed by atoms with Crippen LogP contribution < -0.4 is 0 Å². The van der Waals surface area contributed by atoms with Gasteiger partial charge in [0.05, 0.1) is 4.90 Å². The van der Waals surface area contributed by atoms with Crippen molar-refractivity contribution in [3.8, 4) is 11.1 Å². The van der Waals surface area contributed by atoms with Crippen LogP contribution in [0.25, 0.3) is 11.1 Å². The van der Waals surface area contributed by atoms with E-state index < -0.39 is 10.0 Å². The summed E-state index contributed by atoms with van der Waals surface area (Å²) >= 11 is 0. The monoisotopic (exact) mass is 352 g/mol. The molecule has 0 fully saturated rings. The first kappa shape index (κ1) is 17.3. The first-order valence-electron chi connectivity index (χ1n) is 8.10. The highest BCUT2D eigenvalue weighted by Gasteiger charge is 2.24. The van der Waals surface area contributed by atoms with Crippen molar-refractivity contribution in [1.82, 2.24) is 9.29 Å². The summed E-state index contributed by atoms with van der Waals surface area (Å²) in [6, 6.07) is 22.3. The average molecular weight is 352 g/mol. The van der Waals surface area contributed by atoms with E-state index in [1.807, 2.05) is 60.7 Å². The summed E-state index contributed by atoms with van der Waals surface area (Å²) in [5.74, 6) is 0. The molecule has 1 aromatic heterocycles. The van der Waals surface area contributed by atoms with Crippen LogP contribution in [0.5, 0.6) is 0 Å². The summed E-state index contributed by atoms with van der Waals surface area (Å²) in [6.45, 7) is 0.377. The Morgan fingerprint density at radius 1 is 0.880 bits per heavy atom. The van der Waals surface area contributed by atoms with Crippen molar-refractivity contribution in [1.29, 1.82) is 0 Å². The predicted octanol–water partition coefficient (Wildman–Crippen LogP) is 3.61. The summed E-state index contributed by atoms with van der Waals surface area (Å²) < 4.78 is 27.5.